The Balaban J connectivity index is 0.00000280. The molecule has 1 aromatic carbocycles. The summed E-state index contributed by atoms with van der Waals surface area (Å²) >= 11 is 0. The highest BCUT2D eigenvalue weighted by molar-refractivity contribution is 5.85. The zero-order valence-corrected chi connectivity index (χ0v) is 17.7. The van der Waals surface area contributed by atoms with Crippen molar-refractivity contribution < 1.29 is 14.3 Å². The number of piperidine rings is 1. The summed E-state index contributed by atoms with van der Waals surface area (Å²) in [5.41, 5.74) is 1.18. The second-order valence-corrected chi connectivity index (χ2v) is 7.39. The molecule has 1 N–H and O–H groups in total. The Hall–Kier alpha value is -1.34. The Labute approximate surface area is 175 Å². The lowest BCUT2D eigenvalue weighted by Crippen LogP contribution is -2.51. The normalized spacial score (nSPS) is 20.2. The lowest BCUT2D eigenvalue weighted by Gasteiger charge is -2.37. The number of benzene rings is 1. The molecule has 28 heavy (non-hydrogen) atoms. The van der Waals surface area contributed by atoms with Crippen molar-refractivity contribution in [2.24, 2.45) is 0 Å². The predicted octanol–water partition coefficient (Wildman–Crippen LogP) is 1.96. The van der Waals surface area contributed by atoms with Gasteiger partial charge < -0.3 is 19.7 Å². The monoisotopic (exact) mass is 411 g/mol. The fourth-order valence-electron chi connectivity index (χ4n) is 3.87. The smallest absolute Gasteiger partial charge is 0.223 e. The van der Waals surface area contributed by atoms with Crippen molar-refractivity contribution in [3.8, 4) is 5.75 Å². The minimum absolute atomic E-state index is 0. The number of amides is 1. The average Bonchev–Trinajstić information content (AvgIpc) is 2.74. The molecule has 0 aliphatic carbocycles. The molecule has 1 unspecified atom stereocenters. The summed E-state index contributed by atoms with van der Waals surface area (Å²) in [7, 11) is 1.67. The summed E-state index contributed by atoms with van der Waals surface area (Å²) in [5, 5.41) is 3.45. The summed E-state index contributed by atoms with van der Waals surface area (Å²) in [6.45, 7) is 7.27. The molecule has 0 saturated carbocycles. The van der Waals surface area contributed by atoms with Crippen LogP contribution in [-0.2, 0) is 16.0 Å². The van der Waals surface area contributed by atoms with Crippen molar-refractivity contribution in [1.82, 2.24) is 15.1 Å². The topological polar surface area (TPSA) is 54.0 Å². The lowest BCUT2D eigenvalue weighted by atomic mass is 10.0. The van der Waals surface area contributed by atoms with Crippen molar-refractivity contribution >= 4 is 18.3 Å². The van der Waals surface area contributed by atoms with E-state index in [-0.39, 0.29) is 18.3 Å². The molecule has 7 heteroatoms. The van der Waals surface area contributed by atoms with Gasteiger partial charge in [0.15, 0.2) is 0 Å². The van der Waals surface area contributed by atoms with Crippen LogP contribution in [-0.4, -0.2) is 81.3 Å². The molecule has 2 fully saturated rings. The van der Waals surface area contributed by atoms with E-state index in [0.717, 1.165) is 77.5 Å². The highest BCUT2D eigenvalue weighted by atomic mass is 35.5. The van der Waals surface area contributed by atoms with Crippen LogP contribution in [0.15, 0.2) is 24.3 Å². The maximum atomic E-state index is 13.0. The Bertz CT molecular complexity index is 573. The minimum Gasteiger partial charge on any atom is -0.497 e. The predicted molar refractivity (Wildman–Crippen MR) is 113 cm³/mol. The molecule has 6 nitrogen and oxygen atoms in total. The van der Waals surface area contributed by atoms with Gasteiger partial charge in [-0.05, 0) is 43.5 Å². The first-order valence-electron chi connectivity index (χ1n) is 10.2. The van der Waals surface area contributed by atoms with Crippen molar-refractivity contribution in [3.63, 3.8) is 0 Å². The van der Waals surface area contributed by atoms with Crippen LogP contribution in [0.2, 0.25) is 0 Å². The summed E-state index contributed by atoms with van der Waals surface area (Å²) in [6.07, 6.45) is 3.58. The summed E-state index contributed by atoms with van der Waals surface area (Å²) < 4.78 is 10.6. The van der Waals surface area contributed by atoms with E-state index >= 15 is 0 Å². The van der Waals surface area contributed by atoms with E-state index in [1.54, 1.807) is 7.11 Å². The van der Waals surface area contributed by atoms with E-state index in [0.29, 0.717) is 12.5 Å². The number of hydrogen-bond donors (Lipinski definition) is 1. The first-order chi connectivity index (χ1) is 13.3. The number of halogens is 1. The molecule has 0 aromatic heterocycles. The quantitative estimate of drug-likeness (QED) is 0.708. The summed E-state index contributed by atoms with van der Waals surface area (Å²) in [4.78, 5) is 17.6. The highest BCUT2D eigenvalue weighted by Gasteiger charge is 2.25. The van der Waals surface area contributed by atoms with Gasteiger partial charge >= 0.3 is 0 Å². The number of morpholine rings is 1. The van der Waals surface area contributed by atoms with Gasteiger partial charge in [-0.1, -0.05) is 12.1 Å². The number of methoxy groups -OCH3 is 1. The third-order valence-electron chi connectivity index (χ3n) is 5.58. The largest absolute Gasteiger partial charge is 0.497 e. The van der Waals surface area contributed by atoms with Crippen LogP contribution in [0, 0.1) is 0 Å². The molecule has 3 rings (SSSR count). The van der Waals surface area contributed by atoms with Gasteiger partial charge in [-0.15, -0.1) is 12.4 Å². The van der Waals surface area contributed by atoms with Crippen molar-refractivity contribution in [3.05, 3.63) is 29.8 Å². The molecule has 158 valence electrons. The van der Waals surface area contributed by atoms with E-state index in [1.807, 2.05) is 24.3 Å². The van der Waals surface area contributed by atoms with Crippen molar-refractivity contribution in [2.45, 2.75) is 31.7 Å². The summed E-state index contributed by atoms with van der Waals surface area (Å²) in [5.74, 6) is 1.12. The molecular formula is C21H34ClN3O3. The van der Waals surface area contributed by atoms with E-state index < -0.39 is 0 Å². The zero-order valence-electron chi connectivity index (χ0n) is 16.9. The van der Waals surface area contributed by atoms with Crippen LogP contribution in [0.3, 0.4) is 0 Å². The van der Waals surface area contributed by atoms with Gasteiger partial charge in [0.25, 0.3) is 0 Å². The molecular weight excluding hydrogens is 378 g/mol. The number of hydrogen-bond acceptors (Lipinski definition) is 5. The van der Waals surface area contributed by atoms with Gasteiger partial charge in [0.05, 0.1) is 20.3 Å². The molecule has 2 aliphatic rings. The molecule has 0 spiro atoms. The SMILES string of the molecule is COc1ccc(CCC(=O)N(CCN2CCOCC2)C2CCCNC2)cc1.Cl. The number of aryl methyl sites for hydroxylation is 1. The number of carbonyl (C=O) groups is 1. The Morgan fingerprint density at radius 3 is 2.68 bits per heavy atom. The fourth-order valence-corrected chi connectivity index (χ4v) is 3.87. The Kier molecular flexibility index (Phi) is 10.1. The minimum atomic E-state index is 0. The number of nitrogens with zero attached hydrogens (tertiary/aromatic N) is 2. The average molecular weight is 412 g/mol. The Morgan fingerprint density at radius 2 is 2.04 bits per heavy atom. The number of nitrogens with one attached hydrogen (secondary N) is 1. The maximum absolute atomic E-state index is 13.0. The molecule has 1 aromatic rings. The molecule has 1 amide bonds. The van der Waals surface area contributed by atoms with Crippen LogP contribution in [0.25, 0.3) is 0 Å². The molecule has 0 radical (unpaired) electrons. The highest BCUT2D eigenvalue weighted by Crippen LogP contribution is 2.16. The third-order valence-corrected chi connectivity index (χ3v) is 5.58. The lowest BCUT2D eigenvalue weighted by molar-refractivity contribution is -0.134. The van der Waals surface area contributed by atoms with E-state index in [9.17, 15) is 4.79 Å². The standard InChI is InChI=1S/C21H33N3O3.ClH/c1-26-20-7-4-18(5-8-20)6-9-21(25)24(19-3-2-10-22-17-19)12-11-23-13-15-27-16-14-23;/h4-5,7-8,19,22H,2-3,6,9-17H2,1H3;1H. The molecule has 0 bridgehead atoms. The van der Waals surface area contributed by atoms with Crippen LogP contribution in [0.4, 0.5) is 0 Å². The third kappa shape index (κ3) is 6.92. The fraction of sp³-hybridized carbons (Fsp3) is 0.667. The van der Waals surface area contributed by atoms with Crippen LogP contribution in [0.1, 0.15) is 24.8 Å². The van der Waals surface area contributed by atoms with E-state index in [2.05, 4.69) is 15.1 Å². The first-order valence-corrected chi connectivity index (χ1v) is 10.2. The van der Waals surface area contributed by atoms with E-state index in [4.69, 9.17) is 9.47 Å². The van der Waals surface area contributed by atoms with E-state index in [1.165, 1.54) is 5.56 Å². The molecule has 1 atom stereocenters. The van der Waals surface area contributed by atoms with Gasteiger partial charge in [-0.3, -0.25) is 9.69 Å². The number of ether oxygens (including phenoxy) is 2. The van der Waals surface area contributed by atoms with Crippen molar-refractivity contribution in [1.29, 1.82) is 0 Å². The summed E-state index contributed by atoms with van der Waals surface area (Å²) in [6, 6.07) is 8.34. The maximum Gasteiger partial charge on any atom is 0.223 e. The van der Waals surface area contributed by atoms with Crippen LogP contribution >= 0.6 is 12.4 Å². The second kappa shape index (κ2) is 12.3. The molecule has 2 saturated heterocycles. The Morgan fingerprint density at radius 1 is 1.29 bits per heavy atom. The van der Waals surface area contributed by atoms with Crippen molar-refractivity contribution in [2.75, 3.05) is 59.6 Å². The van der Waals surface area contributed by atoms with Crippen LogP contribution in [0.5, 0.6) is 5.75 Å². The molecule has 2 aliphatic heterocycles. The van der Waals surface area contributed by atoms with Gasteiger partial charge in [-0.25, -0.2) is 0 Å². The second-order valence-electron chi connectivity index (χ2n) is 7.39. The number of carbonyl (C=O) groups excluding carboxylic acids is 1. The number of rotatable bonds is 8. The molecule has 2 heterocycles. The first kappa shape index (κ1) is 22.9. The van der Waals surface area contributed by atoms with Gasteiger partial charge in [0.2, 0.25) is 5.91 Å². The van der Waals surface area contributed by atoms with Gasteiger partial charge in [0.1, 0.15) is 5.75 Å². The van der Waals surface area contributed by atoms with Gasteiger partial charge in [0, 0.05) is 45.2 Å². The van der Waals surface area contributed by atoms with Crippen LogP contribution < -0.4 is 10.1 Å². The zero-order chi connectivity index (χ0) is 18.9. The van der Waals surface area contributed by atoms with Gasteiger partial charge in [-0.2, -0.15) is 0 Å².